The summed E-state index contributed by atoms with van der Waals surface area (Å²) in [5, 5.41) is 0. The van der Waals surface area contributed by atoms with Crippen LogP contribution in [-0.4, -0.2) is 16.1 Å². The standard InChI is InChI=1S/C26H40Si2/c1-27(2,3)21-19-25(17-15-23-11-7-8-12-23)26(20-22-28(4,5)6)18-16-24-13-9-10-14-24/h15-18,23-24H,7-14H2,1-6H3/b17-15+,18-16+,26-25+. The largest absolute Gasteiger partial charge is 0.129 e. The van der Waals surface area contributed by atoms with E-state index in [9.17, 15) is 0 Å². The van der Waals surface area contributed by atoms with Crippen molar-refractivity contribution in [2.24, 2.45) is 11.8 Å². The van der Waals surface area contributed by atoms with Gasteiger partial charge in [-0.1, -0.05) is 89.0 Å². The van der Waals surface area contributed by atoms with Crippen LogP contribution in [-0.2, 0) is 0 Å². The average molecular weight is 409 g/mol. The van der Waals surface area contributed by atoms with E-state index in [1.165, 1.54) is 51.4 Å². The van der Waals surface area contributed by atoms with Crippen molar-refractivity contribution in [3.8, 4) is 22.9 Å². The van der Waals surface area contributed by atoms with Crippen LogP contribution in [0, 0.1) is 34.8 Å². The molecule has 28 heavy (non-hydrogen) atoms. The van der Waals surface area contributed by atoms with Crippen LogP contribution in [0.1, 0.15) is 51.4 Å². The van der Waals surface area contributed by atoms with Crippen molar-refractivity contribution < 1.29 is 0 Å². The van der Waals surface area contributed by atoms with E-state index >= 15 is 0 Å². The van der Waals surface area contributed by atoms with E-state index in [0.29, 0.717) is 0 Å². The highest BCUT2D eigenvalue weighted by Crippen LogP contribution is 2.28. The summed E-state index contributed by atoms with van der Waals surface area (Å²) >= 11 is 0. The van der Waals surface area contributed by atoms with Crippen molar-refractivity contribution in [1.82, 2.24) is 0 Å². The van der Waals surface area contributed by atoms with Crippen LogP contribution in [0.4, 0.5) is 0 Å². The molecule has 0 atom stereocenters. The van der Waals surface area contributed by atoms with Crippen molar-refractivity contribution in [3.63, 3.8) is 0 Å². The van der Waals surface area contributed by atoms with Crippen LogP contribution in [0.25, 0.3) is 0 Å². The van der Waals surface area contributed by atoms with Gasteiger partial charge in [0.25, 0.3) is 0 Å². The fraction of sp³-hybridized carbons (Fsp3) is 0.615. The van der Waals surface area contributed by atoms with Crippen LogP contribution in [0.3, 0.4) is 0 Å². The molecule has 0 nitrogen and oxygen atoms in total. The molecule has 0 N–H and O–H groups in total. The Morgan fingerprint density at radius 1 is 0.607 bits per heavy atom. The molecule has 2 saturated carbocycles. The van der Waals surface area contributed by atoms with Gasteiger partial charge in [-0.15, -0.1) is 11.1 Å². The summed E-state index contributed by atoms with van der Waals surface area (Å²) < 4.78 is 0. The second-order valence-corrected chi connectivity index (χ2v) is 20.1. The number of hydrogen-bond acceptors (Lipinski definition) is 0. The van der Waals surface area contributed by atoms with Crippen LogP contribution in [0.5, 0.6) is 0 Å². The van der Waals surface area contributed by atoms with E-state index in [1.807, 2.05) is 0 Å². The smallest absolute Gasteiger partial charge is 0.127 e. The molecule has 2 fully saturated rings. The molecule has 0 radical (unpaired) electrons. The second kappa shape index (κ2) is 10.5. The van der Waals surface area contributed by atoms with Gasteiger partial charge < -0.3 is 0 Å². The molecule has 2 heteroatoms. The lowest BCUT2D eigenvalue weighted by atomic mass is 10.0. The first kappa shape index (κ1) is 23.1. The topological polar surface area (TPSA) is 0 Å². The molecule has 2 aliphatic carbocycles. The monoisotopic (exact) mass is 408 g/mol. The van der Waals surface area contributed by atoms with E-state index in [1.54, 1.807) is 0 Å². The van der Waals surface area contributed by atoms with Gasteiger partial charge in [0.05, 0.1) is 0 Å². The van der Waals surface area contributed by atoms with Gasteiger partial charge in [-0.05, 0) is 49.7 Å². The predicted molar refractivity (Wildman–Crippen MR) is 131 cm³/mol. The van der Waals surface area contributed by atoms with Gasteiger partial charge in [0.1, 0.15) is 16.1 Å². The average Bonchev–Trinajstić information content (AvgIpc) is 3.27. The fourth-order valence-corrected chi connectivity index (χ4v) is 4.69. The lowest BCUT2D eigenvalue weighted by Gasteiger charge is -2.07. The first-order valence-electron chi connectivity index (χ1n) is 11.3. The molecule has 0 aromatic heterocycles. The molecule has 0 amide bonds. The number of hydrogen-bond donors (Lipinski definition) is 0. The molecule has 0 saturated heterocycles. The zero-order valence-electron chi connectivity index (χ0n) is 19.1. The van der Waals surface area contributed by atoms with Gasteiger partial charge in [-0.3, -0.25) is 0 Å². The van der Waals surface area contributed by atoms with Crippen molar-refractivity contribution in [1.29, 1.82) is 0 Å². The molecular formula is C26H40Si2. The van der Waals surface area contributed by atoms with Crippen LogP contribution >= 0.6 is 0 Å². The van der Waals surface area contributed by atoms with Crippen molar-refractivity contribution in [2.45, 2.75) is 90.6 Å². The first-order valence-corrected chi connectivity index (χ1v) is 18.3. The summed E-state index contributed by atoms with van der Waals surface area (Å²) in [5.41, 5.74) is 9.48. The van der Waals surface area contributed by atoms with Crippen LogP contribution in [0.15, 0.2) is 35.5 Å². The quantitative estimate of drug-likeness (QED) is 0.256. The van der Waals surface area contributed by atoms with Crippen molar-refractivity contribution >= 4 is 16.1 Å². The Morgan fingerprint density at radius 3 is 1.21 bits per heavy atom. The molecule has 0 spiro atoms. The molecule has 0 heterocycles. The van der Waals surface area contributed by atoms with Gasteiger partial charge in [0, 0.05) is 11.1 Å². The molecule has 0 aliphatic heterocycles. The minimum absolute atomic E-state index is 0.730. The van der Waals surface area contributed by atoms with Gasteiger partial charge in [-0.25, -0.2) is 0 Å². The van der Waals surface area contributed by atoms with Crippen LogP contribution < -0.4 is 0 Å². The molecule has 0 bridgehead atoms. The first-order chi connectivity index (χ1) is 13.1. The SMILES string of the molecule is C[Si](C)(C)C#CC(/C=C/C1CCCC1)=C(C#C[Si](C)(C)C)\C=C\C1CCCC1. The van der Waals surface area contributed by atoms with Gasteiger partial charge in [-0.2, -0.15) is 0 Å². The summed E-state index contributed by atoms with van der Waals surface area (Å²) in [5.74, 6) is 8.58. The molecule has 2 aliphatic rings. The van der Waals surface area contributed by atoms with E-state index in [-0.39, 0.29) is 0 Å². The number of allylic oxidation sites excluding steroid dienone is 6. The highest BCUT2D eigenvalue weighted by Gasteiger charge is 2.14. The van der Waals surface area contributed by atoms with Crippen molar-refractivity contribution in [2.75, 3.05) is 0 Å². The Labute approximate surface area is 177 Å². The molecule has 0 aromatic rings. The molecule has 152 valence electrons. The Balaban J connectivity index is 2.44. The highest BCUT2D eigenvalue weighted by molar-refractivity contribution is 6.84. The summed E-state index contributed by atoms with van der Waals surface area (Å²) in [7, 11) is -2.85. The summed E-state index contributed by atoms with van der Waals surface area (Å²) in [6.45, 7) is 13.9. The summed E-state index contributed by atoms with van der Waals surface area (Å²) in [4.78, 5) is 0. The third kappa shape index (κ3) is 9.31. The zero-order valence-corrected chi connectivity index (χ0v) is 21.1. The molecule has 2 rings (SSSR count). The van der Waals surface area contributed by atoms with Gasteiger partial charge >= 0.3 is 0 Å². The lowest BCUT2D eigenvalue weighted by molar-refractivity contribution is 0.685. The minimum Gasteiger partial charge on any atom is -0.127 e. The normalized spacial score (nSPS) is 20.2. The maximum absolute atomic E-state index is 3.59. The Morgan fingerprint density at radius 2 is 0.929 bits per heavy atom. The number of rotatable bonds is 4. The summed E-state index contributed by atoms with van der Waals surface area (Å²) in [6.07, 6.45) is 20.3. The Bertz CT molecular complexity index is 654. The maximum Gasteiger partial charge on any atom is 0.129 e. The summed E-state index contributed by atoms with van der Waals surface area (Å²) in [6, 6.07) is 0. The predicted octanol–water partition coefficient (Wildman–Crippen LogP) is 7.54. The minimum atomic E-state index is -1.43. The van der Waals surface area contributed by atoms with Gasteiger partial charge in [0.15, 0.2) is 0 Å². The van der Waals surface area contributed by atoms with E-state index in [2.05, 4.69) is 86.5 Å². The lowest BCUT2D eigenvalue weighted by Crippen LogP contribution is -2.16. The van der Waals surface area contributed by atoms with Gasteiger partial charge in [0.2, 0.25) is 0 Å². The highest BCUT2D eigenvalue weighted by atomic mass is 28.3. The van der Waals surface area contributed by atoms with Crippen LogP contribution in [0.2, 0.25) is 39.3 Å². The second-order valence-electron chi connectivity index (χ2n) is 10.6. The molecule has 0 unspecified atom stereocenters. The van der Waals surface area contributed by atoms with E-state index in [0.717, 1.165) is 23.0 Å². The Hall–Kier alpha value is -1.23. The fourth-order valence-electron chi connectivity index (χ4n) is 3.67. The zero-order chi connectivity index (χ0) is 20.6. The van der Waals surface area contributed by atoms with Crippen molar-refractivity contribution in [3.05, 3.63) is 35.5 Å². The third-order valence-electron chi connectivity index (χ3n) is 5.30. The molecule has 0 aromatic carbocycles. The molecular weight excluding hydrogens is 368 g/mol. The van der Waals surface area contributed by atoms with E-state index < -0.39 is 16.1 Å². The maximum atomic E-state index is 3.59. The third-order valence-corrected chi connectivity index (χ3v) is 7.05. The Kier molecular flexibility index (Phi) is 8.66. The van der Waals surface area contributed by atoms with E-state index in [4.69, 9.17) is 0 Å².